The van der Waals surface area contributed by atoms with Gasteiger partial charge >= 0.3 is 6.18 Å². The summed E-state index contributed by atoms with van der Waals surface area (Å²) < 4.78 is 38.5. The van der Waals surface area contributed by atoms with Gasteiger partial charge in [-0.15, -0.1) is 0 Å². The lowest BCUT2D eigenvalue weighted by Crippen LogP contribution is -2.09. The summed E-state index contributed by atoms with van der Waals surface area (Å²) in [7, 11) is 1.41. The number of allylic oxidation sites excluding steroid dienone is 1. The lowest BCUT2D eigenvalue weighted by Gasteiger charge is -2.03. The fourth-order valence-corrected chi connectivity index (χ4v) is 1.33. The van der Waals surface area contributed by atoms with Gasteiger partial charge in [-0.2, -0.15) is 18.3 Å². The van der Waals surface area contributed by atoms with E-state index in [-0.39, 0.29) is 11.3 Å². The molecule has 3 nitrogen and oxygen atoms in total. The molecular weight excluding hydrogens is 209 g/mol. The summed E-state index contributed by atoms with van der Waals surface area (Å²) >= 11 is 0. The van der Waals surface area contributed by atoms with Gasteiger partial charge < -0.3 is 5.11 Å². The van der Waals surface area contributed by atoms with Crippen LogP contribution in [0.5, 0.6) is 0 Å². The second kappa shape index (κ2) is 4.06. The van der Waals surface area contributed by atoms with E-state index < -0.39 is 18.5 Å². The van der Waals surface area contributed by atoms with Gasteiger partial charge in [-0.3, -0.25) is 4.68 Å². The molecule has 1 aromatic heterocycles. The van der Waals surface area contributed by atoms with E-state index in [1.54, 1.807) is 13.0 Å². The summed E-state index contributed by atoms with van der Waals surface area (Å²) in [4.78, 5) is 0. The highest BCUT2D eigenvalue weighted by Gasteiger charge is 2.38. The Morgan fingerprint density at radius 3 is 2.47 bits per heavy atom. The van der Waals surface area contributed by atoms with Crippen LogP contribution in [0.15, 0.2) is 6.08 Å². The quantitative estimate of drug-likeness (QED) is 0.827. The largest absolute Gasteiger partial charge is 0.435 e. The minimum Gasteiger partial charge on any atom is -0.392 e. The first-order chi connectivity index (χ1) is 6.91. The molecule has 1 N–H and O–H groups in total. The van der Waals surface area contributed by atoms with E-state index >= 15 is 0 Å². The molecule has 84 valence electrons. The molecule has 1 rings (SSSR count). The first-order valence-corrected chi connectivity index (χ1v) is 4.28. The van der Waals surface area contributed by atoms with Crippen LogP contribution in [0.2, 0.25) is 0 Å². The molecule has 1 heterocycles. The van der Waals surface area contributed by atoms with Crippen molar-refractivity contribution in [3.8, 4) is 0 Å². The van der Waals surface area contributed by atoms with Crippen LogP contribution in [0, 0.1) is 0 Å². The second-order valence-corrected chi connectivity index (χ2v) is 2.99. The molecule has 0 fully saturated rings. The van der Waals surface area contributed by atoms with E-state index in [2.05, 4.69) is 5.10 Å². The monoisotopic (exact) mass is 220 g/mol. The van der Waals surface area contributed by atoms with Gasteiger partial charge in [0.2, 0.25) is 0 Å². The lowest BCUT2D eigenvalue weighted by molar-refractivity contribution is -0.142. The number of hydrogen-bond donors (Lipinski definition) is 1. The number of hydrogen-bond acceptors (Lipinski definition) is 2. The van der Waals surface area contributed by atoms with Crippen molar-refractivity contribution in [1.82, 2.24) is 9.78 Å². The minimum atomic E-state index is -4.53. The third kappa shape index (κ3) is 2.20. The molecule has 1 aromatic rings. The van der Waals surface area contributed by atoms with Crippen molar-refractivity contribution in [2.24, 2.45) is 7.05 Å². The SMILES string of the molecule is C/C=C/c1c(CO)c(C(F)(F)F)nn1C. The molecule has 0 aliphatic heterocycles. The molecule has 0 atom stereocenters. The van der Waals surface area contributed by atoms with E-state index in [0.717, 1.165) is 4.68 Å². The lowest BCUT2D eigenvalue weighted by atomic mass is 10.1. The average molecular weight is 220 g/mol. The molecule has 0 aliphatic carbocycles. The molecule has 0 bridgehead atoms. The summed E-state index contributed by atoms with van der Waals surface area (Å²) in [5, 5.41) is 12.3. The predicted molar refractivity (Wildman–Crippen MR) is 48.8 cm³/mol. The van der Waals surface area contributed by atoms with Gasteiger partial charge in [0.15, 0.2) is 5.69 Å². The van der Waals surface area contributed by atoms with Crippen LogP contribution >= 0.6 is 0 Å². The maximum absolute atomic E-state index is 12.5. The number of nitrogens with zero attached hydrogens (tertiary/aromatic N) is 2. The third-order valence-corrected chi connectivity index (χ3v) is 1.94. The first kappa shape index (κ1) is 11.8. The molecule has 0 radical (unpaired) electrons. The standard InChI is InChI=1S/C9H11F3N2O/c1-3-4-7-6(5-15)8(9(10,11)12)13-14(7)2/h3-4,15H,5H2,1-2H3/b4-3+. The number of aryl methyl sites for hydroxylation is 1. The minimum absolute atomic E-state index is 0.192. The van der Waals surface area contributed by atoms with Crippen molar-refractivity contribution in [3.63, 3.8) is 0 Å². The van der Waals surface area contributed by atoms with Gasteiger partial charge in [-0.05, 0) is 13.0 Å². The summed E-state index contributed by atoms with van der Waals surface area (Å²) in [6.45, 7) is 1.00. The van der Waals surface area contributed by atoms with Gasteiger partial charge in [-0.25, -0.2) is 0 Å². The van der Waals surface area contributed by atoms with Crippen LogP contribution in [0.25, 0.3) is 6.08 Å². The predicted octanol–water partition coefficient (Wildman–Crippen LogP) is 1.96. The summed E-state index contributed by atoms with van der Waals surface area (Å²) in [5.74, 6) is 0. The highest BCUT2D eigenvalue weighted by Crippen LogP contribution is 2.32. The third-order valence-electron chi connectivity index (χ3n) is 1.94. The fraction of sp³-hybridized carbons (Fsp3) is 0.444. The number of aromatic nitrogens is 2. The topological polar surface area (TPSA) is 38.1 Å². The Bertz CT molecular complexity index is 379. The zero-order valence-corrected chi connectivity index (χ0v) is 8.34. The molecule has 0 aliphatic rings. The molecule has 0 saturated carbocycles. The molecule has 15 heavy (non-hydrogen) atoms. The molecule has 0 spiro atoms. The van der Waals surface area contributed by atoms with Crippen molar-refractivity contribution in [3.05, 3.63) is 23.0 Å². The number of alkyl halides is 3. The van der Waals surface area contributed by atoms with Crippen LogP contribution in [-0.2, 0) is 19.8 Å². The maximum Gasteiger partial charge on any atom is 0.435 e. The molecule has 0 aromatic carbocycles. The summed E-state index contributed by atoms with van der Waals surface area (Å²) in [6, 6.07) is 0. The normalized spacial score (nSPS) is 12.7. The number of aliphatic hydroxyl groups excluding tert-OH is 1. The molecule has 0 unspecified atom stereocenters. The van der Waals surface area contributed by atoms with E-state index in [4.69, 9.17) is 5.11 Å². The second-order valence-electron chi connectivity index (χ2n) is 2.99. The summed E-state index contributed by atoms with van der Waals surface area (Å²) in [5.41, 5.74) is -0.948. The Hall–Kier alpha value is -1.30. The Morgan fingerprint density at radius 1 is 1.47 bits per heavy atom. The van der Waals surface area contributed by atoms with E-state index in [0.29, 0.717) is 0 Å². The first-order valence-electron chi connectivity index (χ1n) is 4.28. The Balaban J connectivity index is 3.37. The van der Waals surface area contributed by atoms with Crippen LogP contribution in [0.3, 0.4) is 0 Å². The molecular formula is C9H11F3N2O. The zero-order chi connectivity index (χ0) is 11.6. The maximum atomic E-state index is 12.5. The Kier molecular flexibility index (Phi) is 3.18. The van der Waals surface area contributed by atoms with Crippen molar-refractivity contribution < 1.29 is 18.3 Å². The molecule has 0 saturated heterocycles. The number of rotatable bonds is 2. The van der Waals surface area contributed by atoms with Gasteiger partial charge in [0.05, 0.1) is 12.3 Å². The van der Waals surface area contributed by atoms with E-state index in [1.165, 1.54) is 13.1 Å². The van der Waals surface area contributed by atoms with Crippen LogP contribution in [0.4, 0.5) is 13.2 Å². The highest BCUT2D eigenvalue weighted by molar-refractivity contribution is 5.51. The average Bonchev–Trinajstić information content (AvgIpc) is 2.44. The van der Waals surface area contributed by atoms with Crippen LogP contribution < -0.4 is 0 Å². The molecule has 0 amide bonds. The summed E-state index contributed by atoms with van der Waals surface area (Å²) in [6.07, 6.45) is -1.46. The van der Waals surface area contributed by atoms with Crippen molar-refractivity contribution in [1.29, 1.82) is 0 Å². The van der Waals surface area contributed by atoms with Crippen LogP contribution in [0.1, 0.15) is 23.9 Å². The van der Waals surface area contributed by atoms with Crippen molar-refractivity contribution in [2.45, 2.75) is 19.7 Å². The number of halogens is 3. The highest BCUT2D eigenvalue weighted by atomic mass is 19.4. The van der Waals surface area contributed by atoms with Crippen molar-refractivity contribution >= 4 is 6.08 Å². The van der Waals surface area contributed by atoms with E-state index in [9.17, 15) is 13.2 Å². The Morgan fingerprint density at radius 2 is 2.07 bits per heavy atom. The Labute approximate surface area is 84.8 Å². The molecule has 6 heteroatoms. The smallest absolute Gasteiger partial charge is 0.392 e. The fourth-order valence-electron chi connectivity index (χ4n) is 1.33. The van der Waals surface area contributed by atoms with Crippen molar-refractivity contribution in [2.75, 3.05) is 0 Å². The zero-order valence-electron chi connectivity index (χ0n) is 8.34. The van der Waals surface area contributed by atoms with Gasteiger partial charge in [-0.1, -0.05) is 6.08 Å². The van der Waals surface area contributed by atoms with Crippen LogP contribution in [-0.4, -0.2) is 14.9 Å². The van der Waals surface area contributed by atoms with Gasteiger partial charge in [0, 0.05) is 12.6 Å². The number of aliphatic hydroxyl groups is 1. The van der Waals surface area contributed by atoms with Gasteiger partial charge in [0.25, 0.3) is 0 Å². The van der Waals surface area contributed by atoms with E-state index in [1.807, 2.05) is 0 Å². The van der Waals surface area contributed by atoms with Gasteiger partial charge in [0.1, 0.15) is 0 Å².